The van der Waals surface area contributed by atoms with Crippen LogP contribution in [0.15, 0.2) is 40.6 Å². The van der Waals surface area contributed by atoms with E-state index in [1.807, 2.05) is 17.5 Å². The number of hydrogen-bond acceptors (Lipinski definition) is 7. The Kier molecular flexibility index (Phi) is 6.12. The van der Waals surface area contributed by atoms with Crippen LogP contribution >= 0.6 is 35.3 Å². The standard InChI is InChI=1S/C18H14N2O5S3/c21-10-3-4-13(12(8-10)17(24)25)19-15(22)5-6-20-16(23)14(28-18(20)26)9-11-2-1-7-27-11/h1-4,7-9,21H,5-6H2,(H,19,22)(H,24,25)/b14-9-. The molecule has 2 aromatic rings. The molecule has 0 unspecified atom stereocenters. The zero-order valence-electron chi connectivity index (χ0n) is 14.2. The molecule has 0 radical (unpaired) electrons. The number of nitrogens with zero attached hydrogens (tertiary/aromatic N) is 1. The molecule has 7 nitrogen and oxygen atoms in total. The summed E-state index contributed by atoms with van der Waals surface area (Å²) in [6.07, 6.45) is 1.71. The van der Waals surface area contributed by atoms with E-state index in [1.54, 1.807) is 6.08 Å². The summed E-state index contributed by atoms with van der Waals surface area (Å²) in [7, 11) is 0. The van der Waals surface area contributed by atoms with Gasteiger partial charge in [-0.1, -0.05) is 30.0 Å². The fourth-order valence-electron chi connectivity index (χ4n) is 2.44. The highest BCUT2D eigenvalue weighted by molar-refractivity contribution is 8.26. The molecule has 1 aliphatic heterocycles. The van der Waals surface area contributed by atoms with Crippen molar-refractivity contribution in [3.8, 4) is 5.75 Å². The largest absolute Gasteiger partial charge is 0.508 e. The summed E-state index contributed by atoms with van der Waals surface area (Å²) in [6.45, 7) is 0.0821. The van der Waals surface area contributed by atoms with Crippen LogP contribution in [0.4, 0.5) is 5.69 Å². The number of nitrogens with one attached hydrogen (secondary N) is 1. The van der Waals surface area contributed by atoms with Crippen LogP contribution in [0.2, 0.25) is 0 Å². The first kappa shape index (κ1) is 20.1. The zero-order valence-corrected chi connectivity index (χ0v) is 16.7. The number of thiocarbonyl (C=S) groups is 1. The molecule has 144 valence electrons. The highest BCUT2D eigenvalue weighted by Gasteiger charge is 2.32. The SMILES string of the molecule is O=C(CCN1C(=O)/C(=C/c2cccs2)SC1=S)Nc1ccc(O)cc1C(=O)O. The minimum atomic E-state index is -1.28. The summed E-state index contributed by atoms with van der Waals surface area (Å²) >= 11 is 7.92. The van der Waals surface area contributed by atoms with Crippen LogP contribution in [-0.4, -0.2) is 43.8 Å². The number of thioether (sulfide) groups is 1. The van der Waals surface area contributed by atoms with Gasteiger partial charge in [0.25, 0.3) is 5.91 Å². The van der Waals surface area contributed by atoms with Gasteiger partial charge >= 0.3 is 5.97 Å². The molecule has 3 rings (SSSR count). The summed E-state index contributed by atoms with van der Waals surface area (Å²) in [5, 5.41) is 23.0. The van der Waals surface area contributed by atoms with Gasteiger partial charge in [0, 0.05) is 17.8 Å². The number of carboxylic acids is 1. The smallest absolute Gasteiger partial charge is 0.337 e. The van der Waals surface area contributed by atoms with Crippen LogP contribution in [0, 0.1) is 0 Å². The number of aromatic hydroxyl groups is 1. The number of aromatic carboxylic acids is 1. The number of benzene rings is 1. The molecule has 28 heavy (non-hydrogen) atoms. The lowest BCUT2D eigenvalue weighted by atomic mass is 10.1. The number of thiophene rings is 1. The molecule has 3 N–H and O–H groups in total. The number of phenolic OH excluding ortho intramolecular Hbond substituents is 1. The van der Waals surface area contributed by atoms with E-state index in [4.69, 9.17) is 17.3 Å². The molecule has 10 heteroatoms. The van der Waals surface area contributed by atoms with Gasteiger partial charge in [-0.2, -0.15) is 0 Å². The third-order valence-corrected chi connectivity index (χ3v) is 5.96. The van der Waals surface area contributed by atoms with Crippen LogP contribution in [-0.2, 0) is 9.59 Å². The number of rotatable bonds is 6. The maximum absolute atomic E-state index is 12.5. The summed E-state index contributed by atoms with van der Waals surface area (Å²) in [6, 6.07) is 7.41. The fourth-order valence-corrected chi connectivity index (χ4v) is 4.47. The molecular formula is C18H14N2O5S3. The monoisotopic (exact) mass is 434 g/mol. The number of carbonyl (C=O) groups excluding carboxylic acids is 2. The van der Waals surface area contributed by atoms with Crippen molar-refractivity contribution >= 4 is 69.2 Å². The Morgan fingerprint density at radius 3 is 2.75 bits per heavy atom. The molecule has 2 heterocycles. The van der Waals surface area contributed by atoms with Crippen molar-refractivity contribution in [2.45, 2.75) is 6.42 Å². The second-order valence-electron chi connectivity index (χ2n) is 5.68. The van der Waals surface area contributed by atoms with Crippen LogP contribution < -0.4 is 5.32 Å². The lowest BCUT2D eigenvalue weighted by Gasteiger charge is -2.14. The van der Waals surface area contributed by atoms with Gasteiger partial charge in [0.15, 0.2) is 0 Å². The molecule has 1 aliphatic rings. The van der Waals surface area contributed by atoms with Gasteiger partial charge in [0.2, 0.25) is 5.91 Å². The Morgan fingerprint density at radius 2 is 2.07 bits per heavy atom. The Hall–Kier alpha value is -2.69. The third kappa shape index (κ3) is 4.58. The molecule has 1 saturated heterocycles. The van der Waals surface area contributed by atoms with Gasteiger partial charge in [-0.15, -0.1) is 11.3 Å². The van der Waals surface area contributed by atoms with Crippen LogP contribution in [0.5, 0.6) is 5.75 Å². The van der Waals surface area contributed by atoms with Gasteiger partial charge in [0.05, 0.1) is 16.2 Å². The van der Waals surface area contributed by atoms with E-state index < -0.39 is 11.9 Å². The highest BCUT2D eigenvalue weighted by atomic mass is 32.2. The molecule has 1 aromatic heterocycles. The van der Waals surface area contributed by atoms with E-state index in [0.717, 1.165) is 10.9 Å². The Morgan fingerprint density at radius 1 is 1.29 bits per heavy atom. The van der Waals surface area contributed by atoms with Gasteiger partial charge in [-0.25, -0.2) is 4.79 Å². The Balaban J connectivity index is 1.63. The van der Waals surface area contributed by atoms with Gasteiger partial charge < -0.3 is 15.5 Å². The fraction of sp³-hybridized carbons (Fsp3) is 0.111. The van der Waals surface area contributed by atoms with E-state index in [0.29, 0.717) is 9.23 Å². The van der Waals surface area contributed by atoms with Crippen LogP contribution in [0.25, 0.3) is 6.08 Å². The quantitative estimate of drug-likeness (QED) is 0.363. The number of anilines is 1. The van der Waals surface area contributed by atoms with Crippen molar-refractivity contribution in [3.05, 3.63) is 51.1 Å². The average molecular weight is 435 g/mol. The summed E-state index contributed by atoms with van der Waals surface area (Å²) in [5.41, 5.74) is -0.156. The first-order valence-electron chi connectivity index (χ1n) is 8.00. The lowest BCUT2D eigenvalue weighted by Crippen LogP contribution is -2.31. The first-order chi connectivity index (χ1) is 13.3. The van der Waals surface area contributed by atoms with Crippen molar-refractivity contribution in [1.29, 1.82) is 0 Å². The molecule has 1 fully saturated rings. The maximum atomic E-state index is 12.5. The van der Waals surface area contributed by atoms with E-state index >= 15 is 0 Å². The van der Waals surface area contributed by atoms with Crippen molar-refractivity contribution in [1.82, 2.24) is 4.90 Å². The van der Waals surface area contributed by atoms with Crippen molar-refractivity contribution in [2.24, 2.45) is 0 Å². The van der Waals surface area contributed by atoms with Gasteiger partial charge in [0.1, 0.15) is 10.1 Å². The number of amides is 2. The number of carbonyl (C=O) groups is 3. The summed E-state index contributed by atoms with van der Waals surface area (Å²) in [5.74, 6) is -2.22. The summed E-state index contributed by atoms with van der Waals surface area (Å²) in [4.78, 5) is 38.7. The second-order valence-corrected chi connectivity index (χ2v) is 8.34. The molecule has 0 bridgehead atoms. The highest BCUT2D eigenvalue weighted by Crippen LogP contribution is 2.33. The summed E-state index contributed by atoms with van der Waals surface area (Å²) < 4.78 is 0.372. The van der Waals surface area contributed by atoms with Crippen molar-refractivity contribution in [3.63, 3.8) is 0 Å². The average Bonchev–Trinajstić information content (AvgIpc) is 3.24. The van der Waals surface area contributed by atoms with E-state index in [2.05, 4.69) is 5.32 Å². The van der Waals surface area contributed by atoms with Gasteiger partial charge in [-0.05, 0) is 35.7 Å². The molecule has 0 spiro atoms. The third-order valence-electron chi connectivity index (χ3n) is 3.76. The first-order valence-corrected chi connectivity index (χ1v) is 10.1. The lowest BCUT2D eigenvalue weighted by molar-refractivity contribution is -0.122. The van der Waals surface area contributed by atoms with Crippen molar-refractivity contribution in [2.75, 3.05) is 11.9 Å². The Labute approximate surface area is 173 Å². The zero-order chi connectivity index (χ0) is 20.3. The molecular weight excluding hydrogens is 420 g/mol. The van der Waals surface area contributed by atoms with E-state index in [1.165, 1.54) is 40.1 Å². The number of hydrogen-bond donors (Lipinski definition) is 3. The molecule has 0 saturated carbocycles. The maximum Gasteiger partial charge on any atom is 0.337 e. The molecule has 1 aromatic carbocycles. The predicted molar refractivity (Wildman–Crippen MR) is 113 cm³/mol. The number of carboxylic acid groups (broad SMARTS) is 1. The van der Waals surface area contributed by atoms with E-state index in [-0.39, 0.29) is 35.9 Å². The van der Waals surface area contributed by atoms with Crippen molar-refractivity contribution < 1.29 is 24.6 Å². The number of phenols is 1. The topological polar surface area (TPSA) is 107 Å². The van der Waals surface area contributed by atoms with Gasteiger partial charge in [-0.3, -0.25) is 14.5 Å². The molecule has 0 atom stereocenters. The second kappa shape index (κ2) is 8.55. The van der Waals surface area contributed by atoms with Crippen LogP contribution in [0.3, 0.4) is 0 Å². The minimum Gasteiger partial charge on any atom is -0.508 e. The molecule has 2 amide bonds. The predicted octanol–water partition coefficient (Wildman–Crippen LogP) is 3.38. The minimum absolute atomic E-state index is 0.0569. The normalized spacial score (nSPS) is 15.3. The Bertz CT molecular complexity index is 985. The van der Waals surface area contributed by atoms with Crippen LogP contribution in [0.1, 0.15) is 21.7 Å². The van der Waals surface area contributed by atoms with E-state index in [9.17, 15) is 19.5 Å². The molecule has 0 aliphatic carbocycles.